The lowest BCUT2D eigenvalue weighted by molar-refractivity contribution is 0.513. The highest BCUT2D eigenvalue weighted by atomic mass is 16.4. The van der Waals surface area contributed by atoms with Crippen LogP contribution in [0.3, 0.4) is 0 Å². The smallest absolute Gasteiger partial charge is 0.408 e. The van der Waals surface area contributed by atoms with Crippen molar-refractivity contribution in [3.05, 3.63) is 46.9 Å². The average Bonchev–Trinajstić information content (AvgIpc) is 2.65. The zero-order chi connectivity index (χ0) is 11.1. The highest BCUT2D eigenvalue weighted by Gasteiger charge is 2.10. The third-order valence-corrected chi connectivity index (χ3v) is 2.87. The van der Waals surface area contributed by atoms with Gasteiger partial charge in [0.25, 0.3) is 0 Å². The molecule has 0 atom stereocenters. The van der Waals surface area contributed by atoms with Crippen molar-refractivity contribution in [3.8, 4) is 0 Å². The van der Waals surface area contributed by atoms with Crippen LogP contribution in [0.15, 0.2) is 45.6 Å². The number of rotatable bonds is 1. The van der Waals surface area contributed by atoms with Crippen molar-refractivity contribution < 1.29 is 4.42 Å². The zero-order valence-electron chi connectivity index (χ0n) is 8.93. The first kappa shape index (κ1) is 9.21. The van der Waals surface area contributed by atoms with Crippen LogP contribution in [0.5, 0.6) is 0 Å². The molecule has 2 aromatic carbocycles. The summed E-state index contributed by atoms with van der Waals surface area (Å²) in [5, 5.41) is 2.19. The molecule has 1 aromatic heterocycles. The maximum absolute atomic E-state index is 11.6. The van der Waals surface area contributed by atoms with Gasteiger partial charge in [-0.25, -0.2) is 4.79 Å². The summed E-state index contributed by atoms with van der Waals surface area (Å²) in [6.45, 7) is 2.57. The highest BCUT2D eigenvalue weighted by Crippen LogP contribution is 2.24. The van der Waals surface area contributed by atoms with Crippen LogP contribution in [0.25, 0.3) is 21.9 Å². The van der Waals surface area contributed by atoms with Gasteiger partial charge in [-0.05, 0) is 18.4 Å². The van der Waals surface area contributed by atoms with Crippen molar-refractivity contribution in [2.75, 3.05) is 0 Å². The van der Waals surface area contributed by atoms with Crippen molar-refractivity contribution in [2.45, 2.75) is 13.5 Å². The Morgan fingerprint density at radius 3 is 2.81 bits per heavy atom. The van der Waals surface area contributed by atoms with Gasteiger partial charge in [-0.3, -0.25) is 4.57 Å². The van der Waals surface area contributed by atoms with Gasteiger partial charge in [-0.2, -0.15) is 0 Å². The van der Waals surface area contributed by atoms with E-state index in [9.17, 15) is 4.79 Å². The van der Waals surface area contributed by atoms with E-state index in [1.165, 1.54) is 0 Å². The first-order valence-electron chi connectivity index (χ1n) is 5.32. The number of fused-ring (bicyclic) bond motifs is 3. The first-order valence-corrected chi connectivity index (χ1v) is 5.32. The van der Waals surface area contributed by atoms with Crippen LogP contribution in [0.1, 0.15) is 6.92 Å². The van der Waals surface area contributed by atoms with Gasteiger partial charge in [0, 0.05) is 11.9 Å². The fraction of sp³-hybridized carbons (Fsp3) is 0.154. The van der Waals surface area contributed by atoms with Crippen LogP contribution in [-0.2, 0) is 6.54 Å². The number of aromatic nitrogens is 1. The second-order valence-electron chi connectivity index (χ2n) is 3.75. The normalized spacial score (nSPS) is 11.3. The van der Waals surface area contributed by atoms with E-state index in [0.717, 1.165) is 16.3 Å². The number of hydrogen-bond acceptors (Lipinski definition) is 2. The molecule has 0 fully saturated rings. The van der Waals surface area contributed by atoms with E-state index in [-0.39, 0.29) is 5.76 Å². The van der Waals surface area contributed by atoms with Crippen molar-refractivity contribution in [1.29, 1.82) is 0 Å². The minimum atomic E-state index is -0.283. The van der Waals surface area contributed by atoms with E-state index >= 15 is 0 Å². The van der Waals surface area contributed by atoms with E-state index in [2.05, 4.69) is 0 Å². The van der Waals surface area contributed by atoms with Crippen molar-refractivity contribution in [1.82, 2.24) is 4.57 Å². The third kappa shape index (κ3) is 1.11. The standard InChI is InChI=1S/C13H11NO2/c1-2-14-12-10-6-4-3-5-9(10)7-8-11(12)16-13(14)15/h3-8H,2H2,1H3. The lowest BCUT2D eigenvalue weighted by Crippen LogP contribution is -2.12. The number of aryl methyl sites for hydroxylation is 1. The van der Waals surface area contributed by atoms with Crippen LogP contribution >= 0.6 is 0 Å². The molecule has 0 saturated heterocycles. The molecular formula is C13H11NO2. The molecule has 0 N–H and O–H groups in total. The number of benzene rings is 2. The van der Waals surface area contributed by atoms with Crippen molar-refractivity contribution in [3.63, 3.8) is 0 Å². The Morgan fingerprint density at radius 1 is 1.19 bits per heavy atom. The van der Waals surface area contributed by atoms with E-state index in [1.807, 2.05) is 43.3 Å². The molecule has 0 radical (unpaired) electrons. The molecule has 0 unspecified atom stereocenters. The quantitative estimate of drug-likeness (QED) is 0.623. The molecule has 3 rings (SSSR count). The Balaban J connectivity index is 2.62. The summed E-state index contributed by atoms with van der Waals surface area (Å²) in [4.78, 5) is 11.6. The summed E-state index contributed by atoms with van der Waals surface area (Å²) in [6, 6.07) is 11.8. The topological polar surface area (TPSA) is 35.1 Å². The Morgan fingerprint density at radius 2 is 2.00 bits per heavy atom. The molecule has 0 spiro atoms. The van der Waals surface area contributed by atoms with Gasteiger partial charge in [0.1, 0.15) is 0 Å². The lowest BCUT2D eigenvalue weighted by Gasteiger charge is -2.01. The molecule has 0 amide bonds. The van der Waals surface area contributed by atoms with E-state index < -0.39 is 0 Å². The highest BCUT2D eigenvalue weighted by molar-refractivity contribution is 6.03. The Labute approximate surface area is 91.9 Å². The van der Waals surface area contributed by atoms with Gasteiger partial charge >= 0.3 is 5.76 Å². The maximum Gasteiger partial charge on any atom is 0.419 e. The molecule has 0 saturated carbocycles. The molecule has 0 bridgehead atoms. The molecule has 0 aliphatic rings. The van der Waals surface area contributed by atoms with E-state index in [1.54, 1.807) is 4.57 Å². The molecule has 1 heterocycles. The predicted octanol–water partition coefficient (Wildman–Crippen LogP) is 2.77. The third-order valence-electron chi connectivity index (χ3n) is 2.87. The van der Waals surface area contributed by atoms with Gasteiger partial charge < -0.3 is 4.42 Å². The van der Waals surface area contributed by atoms with Crippen molar-refractivity contribution >= 4 is 21.9 Å². The minimum absolute atomic E-state index is 0.283. The summed E-state index contributed by atoms with van der Waals surface area (Å²) >= 11 is 0. The lowest BCUT2D eigenvalue weighted by atomic mass is 10.1. The Hall–Kier alpha value is -2.03. The molecule has 3 heteroatoms. The summed E-state index contributed by atoms with van der Waals surface area (Å²) < 4.78 is 6.87. The second kappa shape index (κ2) is 3.23. The van der Waals surface area contributed by atoms with E-state index in [0.29, 0.717) is 12.1 Å². The molecule has 16 heavy (non-hydrogen) atoms. The predicted molar refractivity (Wildman–Crippen MR) is 63.7 cm³/mol. The summed E-state index contributed by atoms with van der Waals surface area (Å²) in [6.07, 6.45) is 0. The number of hydrogen-bond donors (Lipinski definition) is 0. The first-order chi connectivity index (χ1) is 7.81. The second-order valence-corrected chi connectivity index (χ2v) is 3.75. The summed E-state index contributed by atoms with van der Waals surface area (Å²) in [7, 11) is 0. The van der Waals surface area contributed by atoms with Crippen LogP contribution in [0.4, 0.5) is 0 Å². The molecule has 3 nitrogen and oxygen atoms in total. The van der Waals surface area contributed by atoms with Gasteiger partial charge in [-0.15, -0.1) is 0 Å². The zero-order valence-corrected chi connectivity index (χ0v) is 8.93. The fourth-order valence-corrected chi connectivity index (χ4v) is 2.12. The summed E-state index contributed by atoms with van der Waals surface area (Å²) in [5.41, 5.74) is 1.55. The number of oxazole rings is 1. The van der Waals surface area contributed by atoms with Crippen LogP contribution in [-0.4, -0.2) is 4.57 Å². The molecule has 80 valence electrons. The minimum Gasteiger partial charge on any atom is -0.408 e. The van der Waals surface area contributed by atoms with Gasteiger partial charge in [0.2, 0.25) is 0 Å². The molecule has 0 aliphatic carbocycles. The monoisotopic (exact) mass is 213 g/mol. The SMILES string of the molecule is CCn1c(=O)oc2ccc3ccccc3c21. The largest absolute Gasteiger partial charge is 0.419 e. The maximum atomic E-state index is 11.6. The van der Waals surface area contributed by atoms with E-state index in [4.69, 9.17) is 4.42 Å². The Bertz CT molecular complexity index is 721. The van der Waals surface area contributed by atoms with Gasteiger partial charge in [0.05, 0.1) is 5.52 Å². The molecular weight excluding hydrogens is 202 g/mol. The average molecular weight is 213 g/mol. The van der Waals surface area contributed by atoms with Crippen LogP contribution < -0.4 is 5.76 Å². The Kier molecular flexibility index (Phi) is 1.86. The number of nitrogens with zero attached hydrogens (tertiary/aromatic N) is 1. The summed E-state index contributed by atoms with van der Waals surface area (Å²) in [5.74, 6) is -0.283. The van der Waals surface area contributed by atoms with Crippen LogP contribution in [0.2, 0.25) is 0 Å². The van der Waals surface area contributed by atoms with Crippen molar-refractivity contribution in [2.24, 2.45) is 0 Å². The van der Waals surface area contributed by atoms with Gasteiger partial charge in [0.15, 0.2) is 5.58 Å². The molecule has 0 aliphatic heterocycles. The molecule has 3 aromatic rings. The van der Waals surface area contributed by atoms with Crippen LogP contribution in [0, 0.1) is 0 Å². The van der Waals surface area contributed by atoms with Gasteiger partial charge in [-0.1, -0.05) is 30.3 Å². The fourth-order valence-electron chi connectivity index (χ4n) is 2.12.